The van der Waals surface area contributed by atoms with Gasteiger partial charge in [0, 0.05) is 6.07 Å². The average molecular weight is 295 g/mol. The van der Waals surface area contributed by atoms with Crippen molar-refractivity contribution < 1.29 is 14.1 Å². The monoisotopic (exact) mass is 294 g/mol. The fourth-order valence-electron chi connectivity index (χ4n) is 1.60. The number of nitrogens with zero attached hydrogens (tertiary/aromatic N) is 1. The molecule has 1 aromatic carbocycles. The molecule has 0 aliphatic heterocycles. The van der Waals surface area contributed by atoms with Crippen LogP contribution >= 0.6 is 11.6 Å². The highest BCUT2D eigenvalue weighted by molar-refractivity contribution is 6.32. The summed E-state index contributed by atoms with van der Waals surface area (Å²) >= 11 is 6.02. The Balaban J connectivity index is 2.02. The Hall–Kier alpha value is -2.01. The van der Waals surface area contributed by atoms with Crippen LogP contribution in [0.25, 0.3) is 0 Å². The maximum Gasteiger partial charge on any atom is 0.266 e. The summed E-state index contributed by atoms with van der Waals surface area (Å²) in [5, 5.41) is 6.76. The van der Waals surface area contributed by atoms with E-state index in [1.165, 1.54) is 0 Å². The third kappa shape index (κ3) is 3.51. The molecule has 1 unspecified atom stereocenters. The van der Waals surface area contributed by atoms with Crippen molar-refractivity contribution in [3.63, 3.8) is 0 Å². The molecule has 0 saturated heterocycles. The number of halogens is 1. The van der Waals surface area contributed by atoms with Crippen LogP contribution in [0.3, 0.4) is 0 Å². The first-order chi connectivity index (χ1) is 9.45. The molecular weight excluding hydrogens is 280 g/mol. The molecule has 2 rings (SSSR count). The SMILES string of the molecule is Cc1ccc(Cl)c(OC(C)C(=O)Nc2cc(C)on2)c1. The zero-order chi connectivity index (χ0) is 14.7. The van der Waals surface area contributed by atoms with E-state index in [0.29, 0.717) is 22.4 Å². The largest absolute Gasteiger partial charge is 0.479 e. The minimum atomic E-state index is -0.702. The van der Waals surface area contributed by atoms with Crippen LogP contribution in [0.1, 0.15) is 18.2 Å². The molecule has 106 valence electrons. The van der Waals surface area contributed by atoms with Crippen LogP contribution in [0, 0.1) is 13.8 Å². The van der Waals surface area contributed by atoms with Gasteiger partial charge in [0.2, 0.25) is 0 Å². The summed E-state index contributed by atoms with van der Waals surface area (Å²) < 4.78 is 10.4. The number of hydrogen-bond donors (Lipinski definition) is 1. The van der Waals surface area contributed by atoms with Crippen molar-refractivity contribution in [2.24, 2.45) is 0 Å². The number of rotatable bonds is 4. The van der Waals surface area contributed by atoms with Crippen molar-refractivity contribution in [3.8, 4) is 5.75 Å². The minimum Gasteiger partial charge on any atom is -0.479 e. The van der Waals surface area contributed by atoms with Crippen LogP contribution in [-0.4, -0.2) is 17.2 Å². The van der Waals surface area contributed by atoms with Gasteiger partial charge in [-0.15, -0.1) is 0 Å². The molecule has 20 heavy (non-hydrogen) atoms. The molecule has 0 aliphatic rings. The van der Waals surface area contributed by atoms with E-state index in [1.54, 1.807) is 32.0 Å². The summed E-state index contributed by atoms with van der Waals surface area (Å²) in [6.45, 7) is 5.31. The first-order valence-electron chi connectivity index (χ1n) is 6.12. The van der Waals surface area contributed by atoms with Gasteiger partial charge in [0.05, 0.1) is 5.02 Å². The van der Waals surface area contributed by atoms with E-state index in [-0.39, 0.29) is 5.91 Å². The van der Waals surface area contributed by atoms with Crippen LogP contribution in [0.15, 0.2) is 28.8 Å². The Morgan fingerprint density at radius 2 is 2.15 bits per heavy atom. The highest BCUT2D eigenvalue weighted by Crippen LogP contribution is 2.26. The molecule has 0 bridgehead atoms. The van der Waals surface area contributed by atoms with Crippen LogP contribution in [0.5, 0.6) is 5.75 Å². The molecule has 2 aromatic rings. The second-order valence-electron chi connectivity index (χ2n) is 4.51. The molecule has 6 heteroatoms. The lowest BCUT2D eigenvalue weighted by Gasteiger charge is -2.15. The van der Waals surface area contributed by atoms with Crippen LogP contribution in [0.4, 0.5) is 5.82 Å². The van der Waals surface area contributed by atoms with E-state index >= 15 is 0 Å². The Morgan fingerprint density at radius 1 is 1.40 bits per heavy atom. The second kappa shape index (κ2) is 5.96. The van der Waals surface area contributed by atoms with Gasteiger partial charge in [-0.25, -0.2) is 0 Å². The third-order valence-electron chi connectivity index (χ3n) is 2.64. The standard InChI is InChI=1S/C14H15ClN2O3/c1-8-4-5-11(15)12(6-8)19-10(3)14(18)16-13-7-9(2)20-17-13/h4-7,10H,1-3H3,(H,16,17,18). The fourth-order valence-corrected chi connectivity index (χ4v) is 1.76. The van der Waals surface area contributed by atoms with Gasteiger partial charge in [0.25, 0.3) is 5.91 Å². The van der Waals surface area contributed by atoms with Crippen LogP contribution < -0.4 is 10.1 Å². The van der Waals surface area contributed by atoms with Gasteiger partial charge in [-0.05, 0) is 38.5 Å². The molecule has 0 saturated carbocycles. The summed E-state index contributed by atoms with van der Waals surface area (Å²) in [5.41, 5.74) is 1.00. The topological polar surface area (TPSA) is 64.4 Å². The number of aromatic nitrogens is 1. The van der Waals surface area contributed by atoms with Crippen molar-refractivity contribution in [1.29, 1.82) is 0 Å². The predicted octanol–water partition coefficient (Wildman–Crippen LogP) is 3.35. The van der Waals surface area contributed by atoms with Gasteiger partial charge < -0.3 is 14.6 Å². The molecule has 0 spiro atoms. The lowest BCUT2D eigenvalue weighted by molar-refractivity contribution is -0.122. The Labute approximate surface area is 121 Å². The third-order valence-corrected chi connectivity index (χ3v) is 2.95. The van der Waals surface area contributed by atoms with E-state index < -0.39 is 6.10 Å². The van der Waals surface area contributed by atoms with Crippen molar-refractivity contribution in [1.82, 2.24) is 5.16 Å². The fraction of sp³-hybridized carbons (Fsp3) is 0.286. The van der Waals surface area contributed by atoms with Crippen molar-refractivity contribution in [2.75, 3.05) is 5.32 Å². The molecule has 1 amide bonds. The molecule has 5 nitrogen and oxygen atoms in total. The van der Waals surface area contributed by atoms with Gasteiger partial charge in [-0.3, -0.25) is 4.79 Å². The molecule has 0 aliphatic carbocycles. The molecular formula is C14H15ClN2O3. The van der Waals surface area contributed by atoms with Gasteiger partial charge in [-0.1, -0.05) is 22.8 Å². The molecule has 1 N–H and O–H groups in total. The van der Waals surface area contributed by atoms with Gasteiger partial charge >= 0.3 is 0 Å². The highest BCUT2D eigenvalue weighted by Gasteiger charge is 2.17. The number of nitrogens with one attached hydrogen (secondary N) is 1. The maximum absolute atomic E-state index is 12.0. The van der Waals surface area contributed by atoms with Crippen LogP contribution in [-0.2, 0) is 4.79 Å². The van der Waals surface area contributed by atoms with Crippen molar-refractivity contribution in [2.45, 2.75) is 26.9 Å². The summed E-state index contributed by atoms with van der Waals surface area (Å²) in [7, 11) is 0. The molecule has 0 fully saturated rings. The number of hydrogen-bond acceptors (Lipinski definition) is 4. The second-order valence-corrected chi connectivity index (χ2v) is 4.91. The smallest absolute Gasteiger partial charge is 0.266 e. The number of anilines is 1. The zero-order valence-electron chi connectivity index (χ0n) is 11.4. The van der Waals surface area contributed by atoms with Gasteiger partial charge in [0.15, 0.2) is 11.9 Å². The van der Waals surface area contributed by atoms with E-state index in [0.717, 1.165) is 5.56 Å². The number of carbonyl (C=O) groups excluding carboxylic acids is 1. The van der Waals surface area contributed by atoms with Gasteiger partial charge in [-0.2, -0.15) is 0 Å². The summed E-state index contributed by atoms with van der Waals surface area (Å²) in [5.74, 6) is 1.13. The molecule has 0 radical (unpaired) electrons. The van der Waals surface area contributed by atoms with Crippen LogP contribution in [0.2, 0.25) is 5.02 Å². The lowest BCUT2D eigenvalue weighted by atomic mass is 10.2. The number of aryl methyl sites for hydroxylation is 2. The number of carbonyl (C=O) groups is 1. The normalized spacial score (nSPS) is 12.0. The quantitative estimate of drug-likeness (QED) is 0.939. The summed E-state index contributed by atoms with van der Waals surface area (Å²) in [6, 6.07) is 7.02. The summed E-state index contributed by atoms with van der Waals surface area (Å²) in [6.07, 6.45) is -0.702. The maximum atomic E-state index is 12.0. The Bertz CT molecular complexity index is 625. The first kappa shape index (κ1) is 14.4. The van der Waals surface area contributed by atoms with Gasteiger partial charge in [0.1, 0.15) is 11.5 Å². The van der Waals surface area contributed by atoms with Crippen molar-refractivity contribution >= 4 is 23.3 Å². The Morgan fingerprint density at radius 3 is 2.80 bits per heavy atom. The molecule has 1 aromatic heterocycles. The Kier molecular flexibility index (Phi) is 4.29. The highest BCUT2D eigenvalue weighted by atomic mass is 35.5. The van der Waals surface area contributed by atoms with E-state index in [4.69, 9.17) is 20.9 Å². The van der Waals surface area contributed by atoms with E-state index in [1.807, 2.05) is 13.0 Å². The predicted molar refractivity (Wildman–Crippen MR) is 76.1 cm³/mol. The molecule has 1 atom stereocenters. The first-order valence-corrected chi connectivity index (χ1v) is 6.50. The zero-order valence-corrected chi connectivity index (χ0v) is 12.2. The number of benzene rings is 1. The molecule has 1 heterocycles. The lowest BCUT2D eigenvalue weighted by Crippen LogP contribution is -2.30. The average Bonchev–Trinajstić information content (AvgIpc) is 2.79. The number of amides is 1. The minimum absolute atomic E-state index is 0.323. The number of ether oxygens (including phenoxy) is 1. The van der Waals surface area contributed by atoms with E-state index in [9.17, 15) is 4.79 Å². The van der Waals surface area contributed by atoms with Crippen molar-refractivity contribution in [3.05, 3.63) is 40.6 Å². The van der Waals surface area contributed by atoms with E-state index in [2.05, 4.69) is 10.5 Å². The summed E-state index contributed by atoms with van der Waals surface area (Å²) in [4.78, 5) is 12.0.